The van der Waals surface area contributed by atoms with Gasteiger partial charge in [0.2, 0.25) is 0 Å². The van der Waals surface area contributed by atoms with Crippen molar-refractivity contribution in [3.8, 4) is 6.07 Å². The molecule has 1 fully saturated rings. The summed E-state index contributed by atoms with van der Waals surface area (Å²) in [7, 11) is -0.774. The van der Waals surface area contributed by atoms with Gasteiger partial charge in [0.05, 0.1) is 6.07 Å². The lowest BCUT2D eigenvalue weighted by atomic mass is 10.0. The van der Waals surface area contributed by atoms with Crippen LogP contribution in [0.2, 0.25) is 0 Å². The second kappa shape index (κ2) is 5.39. The quantitative estimate of drug-likeness (QED) is 0.700. The van der Waals surface area contributed by atoms with Gasteiger partial charge in [0.25, 0.3) is 0 Å². The molecule has 74 valence electrons. The van der Waals surface area contributed by atoms with Crippen LogP contribution in [0.15, 0.2) is 0 Å². The highest BCUT2D eigenvalue weighted by molar-refractivity contribution is 7.86. The average Bonchev–Trinajstić information content (AvgIpc) is 2.18. The molecule has 0 aliphatic heterocycles. The molecular weight excluding hydrogens is 182 g/mol. The van der Waals surface area contributed by atoms with E-state index < -0.39 is 10.8 Å². The van der Waals surface area contributed by atoms with Crippen LogP contribution in [-0.4, -0.2) is 14.7 Å². The van der Waals surface area contributed by atoms with Crippen LogP contribution in [0.5, 0.6) is 0 Å². The largest absolute Gasteiger partial charge is 0.259 e. The zero-order valence-corrected chi connectivity index (χ0v) is 8.98. The Bertz CT molecular complexity index is 215. The first-order valence-electron chi connectivity index (χ1n) is 5.02. The molecule has 0 amide bonds. The Balaban J connectivity index is 2.41. The van der Waals surface area contributed by atoms with Gasteiger partial charge in [-0.2, -0.15) is 5.26 Å². The smallest absolute Gasteiger partial charge is 0.0634 e. The number of hydrogen-bond donors (Lipinski definition) is 0. The first kappa shape index (κ1) is 10.7. The maximum absolute atomic E-state index is 11.8. The monoisotopic (exact) mass is 199 g/mol. The van der Waals surface area contributed by atoms with Crippen molar-refractivity contribution in [3.05, 3.63) is 0 Å². The van der Waals surface area contributed by atoms with Crippen molar-refractivity contribution in [2.24, 2.45) is 0 Å². The lowest BCUT2D eigenvalue weighted by Crippen LogP contribution is -2.25. The summed E-state index contributed by atoms with van der Waals surface area (Å²) in [5.41, 5.74) is 0. The van der Waals surface area contributed by atoms with Crippen LogP contribution in [0.3, 0.4) is 0 Å². The molecule has 2 nitrogen and oxygen atoms in total. The van der Waals surface area contributed by atoms with Gasteiger partial charge in [-0.25, -0.2) is 0 Å². The molecule has 0 heterocycles. The molecule has 0 bridgehead atoms. The van der Waals surface area contributed by atoms with Gasteiger partial charge in [-0.1, -0.05) is 19.3 Å². The van der Waals surface area contributed by atoms with Crippen molar-refractivity contribution in [1.82, 2.24) is 0 Å². The zero-order chi connectivity index (χ0) is 9.68. The van der Waals surface area contributed by atoms with Crippen LogP contribution in [0.25, 0.3) is 0 Å². The predicted molar refractivity (Wildman–Crippen MR) is 54.7 cm³/mol. The topological polar surface area (TPSA) is 40.9 Å². The predicted octanol–water partition coefficient (Wildman–Crippen LogP) is 2.37. The Kier molecular flexibility index (Phi) is 4.44. The maximum Gasteiger partial charge on any atom is 0.0634 e. The van der Waals surface area contributed by atoms with Gasteiger partial charge in [0, 0.05) is 27.7 Å². The van der Waals surface area contributed by atoms with Gasteiger partial charge >= 0.3 is 0 Å². The first-order valence-corrected chi connectivity index (χ1v) is 6.29. The molecule has 1 saturated carbocycles. The molecule has 2 unspecified atom stereocenters. The van der Waals surface area contributed by atoms with Gasteiger partial charge in [0.1, 0.15) is 0 Å². The highest BCUT2D eigenvalue weighted by atomic mass is 32.2. The number of nitriles is 1. The van der Waals surface area contributed by atoms with E-state index in [4.69, 9.17) is 5.26 Å². The first-order chi connectivity index (χ1) is 6.25. The molecule has 1 aliphatic carbocycles. The van der Waals surface area contributed by atoms with Crippen LogP contribution in [0.4, 0.5) is 0 Å². The lowest BCUT2D eigenvalue weighted by Gasteiger charge is -2.23. The molecule has 3 heteroatoms. The number of nitrogens with zero attached hydrogens (tertiary/aromatic N) is 1. The van der Waals surface area contributed by atoms with Crippen LogP contribution in [0, 0.1) is 11.3 Å². The van der Waals surface area contributed by atoms with E-state index in [1.54, 1.807) is 0 Å². The fourth-order valence-corrected chi connectivity index (χ4v) is 3.53. The molecule has 0 aromatic heterocycles. The van der Waals surface area contributed by atoms with Crippen LogP contribution in [0.1, 0.15) is 45.4 Å². The normalized spacial score (nSPS) is 23.4. The van der Waals surface area contributed by atoms with Crippen molar-refractivity contribution in [3.63, 3.8) is 0 Å². The summed E-state index contributed by atoms with van der Waals surface area (Å²) in [4.78, 5) is 0. The molecule has 1 aliphatic rings. The third-order valence-corrected chi connectivity index (χ3v) is 4.74. The standard InChI is InChI=1S/C10H17NOS/c1-9(7-8-11)13(12)10-5-3-2-4-6-10/h9-10H,2-7H2,1H3. The Hall–Kier alpha value is -0.360. The van der Waals surface area contributed by atoms with Crippen LogP contribution < -0.4 is 0 Å². The van der Waals surface area contributed by atoms with Gasteiger partial charge in [-0.15, -0.1) is 0 Å². The van der Waals surface area contributed by atoms with Gasteiger partial charge in [-0.3, -0.25) is 4.21 Å². The Labute approximate surface area is 82.8 Å². The lowest BCUT2D eigenvalue weighted by molar-refractivity contribution is 0.502. The van der Waals surface area contributed by atoms with E-state index in [1.807, 2.05) is 6.92 Å². The second-order valence-corrected chi connectivity index (χ2v) is 5.89. The summed E-state index contributed by atoms with van der Waals surface area (Å²) >= 11 is 0. The minimum Gasteiger partial charge on any atom is -0.259 e. The average molecular weight is 199 g/mol. The third-order valence-electron chi connectivity index (χ3n) is 2.66. The maximum atomic E-state index is 11.8. The third kappa shape index (κ3) is 3.11. The summed E-state index contributed by atoms with van der Waals surface area (Å²) in [6.45, 7) is 1.92. The van der Waals surface area contributed by atoms with E-state index in [-0.39, 0.29) is 5.25 Å². The van der Waals surface area contributed by atoms with Crippen LogP contribution >= 0.6 is 0 Å². The van der Waals surface area contributed by atoms with E-state index in [9.17, 15) is 4.21 Å². The molecule has 13 heavy (non-hydrogen) atoms. The van der Waals surface area contributed by atoms with Crippen molar-refractivity contribution in [2.75, 3.05) is 0 Å². The molecule has 2 atom stereocenters. The van der Waals surface area contributed by atoms with E-state index >= 15 is 0 Å². The minimum atomic E-state index is -0.774. The van der Waals surface area contributed by atoms with E-state index in [1.165, 1.54) is 19.3 Å². The minimum absolute atomic E-state index is 0.0631. The molecule has 0 radical (unpaired) electrons. The molecule has 0 spiro atoms. The van der Waals surface area contributed by atoms with Crippen LogP contribution in [-0.2, 0) is 10.8 Å². The van der Waals surface area contributed by atoms with Gasteiger partial charge in [0.15, 0.2) is 0 Å². The Morgan fingerprint density at radius 3 is 2.62 bits per heavy atom. The fraction of sp³-hybridized carbons (Fsp3) is 0.900. The summed E-state index contributed by atoms with van der Waals surface area (Å²) in [5.74, 6) is 0. The Morgan fingerprint density at radius 1 is 1.46 bits per heavy atom. The van der Waals surface area contributed by atoms with E-state index in [0.717, 1.165) is 12.8 Å². The van der Waals surface area contributed by atoms with Crippen molar-refractivity contribution >= 4 is 10.8 Å². The van der Waals surface area contributed by atoms with Crippen molar-refractivity contribution in [2.45, 2.75) is 55.9 Å². The summed E-state index contributed by atoms with van der Waals surface area (Å²) in [6.07, 6.45) is 6.36. The molecule has 0 N–H and O–H groups in total. The van der Waals surface area contributed by atoms with Gasteiger partial charge < -0.3 is 0 Å². The summed E-state index contributed by atoms with van der Waals surface area (Å²) in [5, 5.41) is 8.93. The summed E-state index contributed by atoms with van der Waals surface area (Å²) < 4.78 is 11.8. The zero-order valence-electron chi connectivity index (χ0n) is 8.16. The molecule has 0 aromatic rings. The van der Waals surface area contributed by atoms with E-state index in [2.05, 4.69) is 6.07 Å². The van der Waals surface area contributed by atoms with Gasteiger partial charge in [-0.05, 0) is 19.8 Å². The van der Waals surface area contributed by atoms with Crippen molar-refractivity contribution < 1.29 is 4.21 Å². The molecular formula is C10H17NOS. The fourth-order valence-electron chi connectivity index (χ4n) is 1.84. The summed E-state index contributed by atoms with van der Waals surface area (Å²) in [6, 6.07) is 2.09. The second-order valence-electron chi connectivity index (χ2n) is 3.76. The van der Waals surface area contributed by atoms with Crippen molar-refractivity contribution in [1.29, 1.82) is 5.26 Å². The Morgan fingerprint density at radius 2 is 2.08 bits per heavy atom. The molecule has 1 rings (SSSR count). The SMILES string of the molecule is CC(CC#N)S(=O)C1CCCCC1. The van der Waals surface area contributed by atoms with E-state index in [0.29, 0.717) is 11.7 Å². The molecule has 0 saturated heterocycles. The number of rotatable bonds is 3. The highest BCUT2D eigenvalue weighted by Crippen LogP contribution is 2.24. The molecule has 0 aromatic carbocycles. The number of hydrogen-bond acceptors (Lipinski definition) is 2. The highest BCUT2D eigenvalue weighted by Gasteiger charge is 2.23.